The smallest absolute Gasteiger partial charge is 0.337 e. The van der Waals surface area contributed by atoms with Crippen LogP contribution in [0.2, 0.25) is 5.02 Å². The number of nitrogens with zero attached hydrogens (tertiary/aromatic N) is 4. The van der Waals surface area contributed by atoms with Crippen LogP contribution in [0.3, 0.4) is 0 Å². The number of carbonyl (C=O) groups excluding carboxylic acids is 1. The molecule has 0 saturated carbocycles. The maximum atomic E-state index is 15.9. The first-order valence-electron chi connectivity index (χ1n) is 12.7. The van der Waals surface area contributed by atoms with E-state index in [9.17, 15) is 4.79 Å². The van der Waals surface area contributed by atoms with Crippen molar-refractivity contribution in [3.63, 3.8) is 0 Å². The van der Waals surface area contributed by atoms with E-state index in [1.54, 1.807) is 25.4 Å². The monoisotopic (exact) mass is 541 g/mol. The number of carbonyl (C=O) groups is 1. The summed E-state index contributed by atoms with van der Waals surface area (Å²) in [5.41, 5.74) is 2.27. The van der Waals surface area contributed by atoms with E-state index in [4.69, 9.17) is 21.1 Å². The summed E-state index contributed by atoms with van der Waals surface area (Å²) in [4.78, 5) is 17.5. The molecule has 4 aromatic rings. The number of hydrogen-bond acceptors (Lipinski definition) is 6. The summed E-state index contributed by atoms with van der Waals surface area (Å²) in [6, 6.07) is 4.99. The predicted molar refractivity (Wildman–Crippen MR) is 137 cm³/mol. The van der Waals surface area contributed by atoms with E-state index in [2.05, 4.69) is 15.4 Å². The molecule has 2 aromatic heterocycles. The molecule has 0 amide bonds. The Morgan fingerprint density at radius 1 is 1.34 bits per heavy atom. The average Bonchev–Trinajstić information content (AvgIpc) is 3.65. The minimum atomic E-state index is -0.989. The normalized spacial score (nSPS) is 18.1. The number of halogens is 3. The molecule has 2 aliphatic rings. The molecule has 2 unspecified atom stereocenters. The van der Waals surface area contributed by atoms with Crippen LogP contribution in [-0.2, 0) is 27.2 Å². The number of esters is 1. The fourth-order valence-electron chi connectivity index (χ4n) is 5.29. The van der Waals surface area contributed by atoms with Gasteiger partial charge in [-0.25, -0.2) is 18.6 Å². The van der Waals surface area contributed by atoms with Gasteiger partial charge in [0.2, 0.25) is 0 Å². The Hall–Kier alpha value is -3.34. The van der Waals surface area contributed by atoms with E-state index in [-0.39, 0.29) is 22.7 Å². The molecule has 4 heterocycles. The fourth-order valence-corrected chi connectivity index (χ4v) is 5.53. The molecule has 2 aromatic carbocycles. The summed E-state index contributed by atoms with van der Waals surface area (Å²) in [5, 5.41) is 8.18. The van der Waals surface area contributed by atoms with Crippen LogP contribution >= 0.6 is 11.6 Å². The summed E-state index contributed by atoms with van der Waals surface area (Å²) in [6.07, 6.45) is 4.54. The van der Waals surface area contributed by atoms with Crippen molar-refractivity contribution in [1.82, 2.24) is 24.6 Å². The Labute approximate surface area is 222 Å². The molecule has 38 heavy (non-hydrogen) atoms. The zero-order chi connectivity index (χ0) is 26.4. The molecule has 11 heteroatoms. The minimum Gasteiger partial charge on any atom is -0.464 e. The van der Waals surface area contributed by atoms with Gasteiger partial charge in [0.15, 0.2) is 11.9 Å². The minimum absolute atomic E-state index is 0.0260. The number of aryl methyl sites for hydroxylation is 1. The third-order valence-electron chi connectivity index (χ3n) is 7.12. The van der Waals surface area contributed by atoms with Crippen molar-refractivity contribution in [1.29, 1.82) is 0 Å². The fraction of sp³-hybridized carbons (Fsp3) is 0.370. The Morgan fingerprint density at radius 2 is 2.21 bits per heavy atom. The van der Waals surface area contributed by atoms with Crippen molar-refractivity contribution in [2.75, 3.05) is 26.3 Å². The van der Waals surface area contributed by atoms with Crippen LogP contribution in [0, 0.1) is 11.6 Å². The molecule has 6 rings (SSSR count). The van der Waals surface area contributed by atoms with E-state index in [1.165, 1.54) is 23.0 Å². The highest BCUT2D eigenvalue weighted by Gasteiger charge is 2.33. The van der Waals surface area contributed by atoms with Crippen LogP contribution < -0.4 is 5.32 Å². The van der Waals surface area contributed by atoms with E-state index in [0.29, 0.717) is 41.9 Å². The molecule has 1 N–H and O–H groups in total. The van der Waals surface area contributed by atoms with Gasteiger partial charge in [-0.2, -0.15) is 5.10 Å². The number of ether oxygens (including phenoxy) is 2. The molecular formula is C27H26ClF2N5O3. The first-order valence-corrected chi connectivity index (χ1v) is 13.0. The van der Waals surface area contributed by atoms with Gasteiger partial charge < -0.3 is 19.4 Å². The zero-order valence-electron chi connectivity index (χ0n) is 20.7. The third kappa shape index (κ3) is 4.26. The number of nitrogens with one attached hydrogen (secondary N) is 1. The van der Waals surface area contributed by atoms with Crippen molar-refractivity contribution in [2.45, 2.75) is 38.5 Å². The number of aromatic nitrogens is 4. The summed E-state index contributed by atoms with van der Waals surface area (Å²) in [5.74, 6) is -1.69. The van der Waals surface area contributed by atoms with Gasteiger partial charge >= 0.3 is 5.97 Å². The summed E-state index contributed by atoms with van der Waals surface area (Å²) in [7, 11) is 0. The van der Waals surface area contributed by atoms with Crippen LogP contribution in [-0.4, -0.2) is 51.6 Å². The molecule has 198 valence electrons. The van der Waals surface area contributed by atoms with Crippen LogP contribution in [0.4, 0.5) is 8.78 Å². The van der Waals surface area contributed by atoms with Gasteiger partial charge in [0, 0.05) is 48.0 Å². The van der Waals surface area contributed by atoms with Crippen LogP contribution in [0.25, 0.3) is 22.0 Å². The predicted octanol–water partition coefficient (Wildman–Crippen LogP) is 4.59. The first-order chi connectivity index (χ1) is 18.5. The lowest BCUT2D eigenvalue weighted by Gasteiger charge is -2.24. The van der Waals surface area contributed by atoms with Crippen molar-refractivity contribution >= 4 is 28.5 Å². The summed E-state index contributed by atoms with van der Waals surface area (Å²) in [6.45, 7) is 4.42. The Bertz CT molecular complexity index is 1530. The molecule has 2 aliphatic heterocycles. The standard InChI is InChI=1S/C27H26ClF2N5O3/c1-2-37-27(36)26(25-21-4-3-8-34(21)14-32-25)35-13-18-19(28)11-17(23(30)24(18)33-35)15-5-6-16(20(29)10-15)22-12-31-7-9-38-22/h5-6,10-11,13-14,22,26,31H,2-4,7-9,12H2,1H3. The maximum absolute atomic E-state index is 15.9. The molecule has 0 radical (unpaired) electrons. The zero-order valence-corrected chi connectivity index (χ0v) is 21.5. The van der Waals surface area contributed by atoms with Gasteiger partial charge in [-0.15, -0.1) is 0 Å². The van der Waals surface area contributed by atoms with E-state index >= 15 is 8.78 Å². The van der Waals surface area contributed by atoms with Crippen molar-refractivity contribution in [3.05, 3.63) is 70.4 Å². The van der Waals surface area contributed by atoms with Gasteiger partial charge in [0.25, 0.3) is 0 Å². The second-order valence-electron chi connectivity index (χ2n) is 9.42. The quantitative estimate of drug-likeness (QED) is 0.360. The number of rotatable bonds is 6. The molecule has 1 saturated heterocycles. The lowest BCUT2D eigenvalue weighted by atomic mass is 9.99. The summed E-state index contributed by atoms with van der Waals surface area (Å²) >= 11 is 6.58. The molecule has 1 fully saturated rings. The van der Waals surface area contributed by atoms with E-state index in [0.717, 1.165) is 25.1 Å². The number of benzene rings is 2. The van der Waals surface area contributed by atoms with Crippen molar-refractivity contribution in [2.24, 2.45) is 0 Å². The van der Waals surface area contributed by atoms with Crippen molar-refractivity contribution in [3.8, 4) is 11.1 Å². The maximum Gasteiger partial charge on any atom is 0.337 e. The van der Waals surface area contributed by atoms with Gasteiger partial charge in [0.1, 0.15) is 11.3 Å². The first kappa shape index (κ1) is 25.0. The Kier molecular flexibility index (Phi) is 6.63. The Balaban J connectivity index is 1.42. The number of imidazole rings is 1. The second kappa shape index (κ2) is 10.1. The topological polar surface area (TPSA) is 83.2 Å². The molecule has 8 nitrogen and oxygen atoms in total. The van der Waals surface area contributed by atoms with E-state index in [1.807, 2.05) is 4.57 Å². The lowest BCUT2D eigenvalue weighted by molar-refractivity contribution is -0.146. The van der Waals surface area contributed by atoms with Gasteiger partial charge in [-0.05, 0) is 37.5 Å². The SMILES string of the molecule is CCOC(=O)C(c1ncn2c1CCC2)n1cc2c(Cl)cc(-c3ccc(C4CNCCO4)c(F)c3)c(F)c2n1. The number of morpholine rings is 1. The Morgan fingerprint density at radius 3 is 2.97 bits per heavy atom. The molecule has 0 aliphatic carbocycles. The highest BCUT2D eigenvalue weighted by molar-refractivity contribution is 6.35. The van der Waals surface area contributed by atoms with Crippen molar-refractivity contribution < 1.29 is 23.0 Å². The highest BCUT2D eigenvalue weighted by Crippen LogP contribution is 2.37. The molecule has 2 atom stereocenters. The highest BCUT2D eigenvalue weighted by atomic mass is 35.5. The van der Waals surface area contributed by atoms with E-state index < -0.39 is 29.7 Å². The van der Waals surface area contributed by atoms with Gasteiger partial charge in [-0.1, -0.05) is 23.7 Å². The molecule has 0 bridgehead atoms. The molecule has 0 spiro atoms. The van der Waals surface area contributed by atoms with Gasteiger partial charge in [0.05, 0.1) is 36.4 Å². The number of fused-ring (bicyclic) bond motifs is 2. The second-order valence-corrected chi connectivity index (χ2v) is 9.83. The largest absolute Gasteiger partial charge is 0.464 e. The number of hydrogen-bond donors (Lipinski definition) is 1. The average molecular weight is 542 g/mol. The summed E-state index contributed by atoms with van der Waals surface area (Å²) < 4.78 is 45.3. The van der Waals surface area contributed by atoms with Crippen LogP contribution in [0.15, 0.2) is 36.8 Å². The van der Waals surface area contributed by atoms with Crippen LogP contribution in [0.1, 0.15) is 42.4 Å². The third-order valence-corrected chi connectivity index (χ3v) is 7.43. The van der Waals surface area contributed by atoms with Gasteiger partial charge in [-0.3, -0.25) is 4.68 Å². The molecular weight excluding hydrogens is 516 g/mol. The lowest BCUT2D eigenvalue weighted by Crippen LogP contribution is -2.33. The van der Waals surface area contributed by atoms with Crippen LogP contribution in [0.5, 0.6) is 0 Å².